The van der Waals surface area contributed by atoms with Crippen LogP contribution in [-0.4, -0.2) is 27.8 Å². The Labute approximate surface area is 146 Å². The second kappa shape index (κ2) is 6.89. The summed E-state index contributed by atoms with van der Waals surface area (Å²) in [4.78, 5) is 33.4. The highest BCUT2D eigenvalue weighted by atomic mass is 16.2. The number of nitrogens with one attached hydrogen (secondary N) is 1. The minimum absolute atomic E-state index is 0.0148. The molecule has 1 N–H and O–H groups in total. The molecule has 0 unspecified atom stereocenters. The molecule has 5 nitrogen and oxygen atoms in total. The number of aromatic amines is 1. The predicted octanol–water partition coefficient (Wildman–Crippen LogP) is 2.74. The van der Waals surface area contributed by atoms with Gasteiger partial charge in [-0.2, -0.15) is 0 Å². The molecule has 0 aliphatic rings. The van der Waals surface area contributed by atoms with Crippen molar-refractivity contribution < 1.29 is 4.79 Å². The summed E-state index contributed by atoms with van der Waals surface area (Å²) in [7, 11) is 1.72. The number of aromatic nitrogens is 2. The SMILES string of the molecule is Cc1ccc(CC(=O)N(C)Cc2nc3ccccc3c(=O)[nH]2)cc1C. The van der Waals surface area contributed by atoms with Crippen LogP contribution in [0, 0.1) is 13.8 Å². The molecule has 0 spiro atoms. The zero-order valence-corrected chi connectivity index (χ0v) is 14.7. The highest BCUT2D eigenvalue weighted by molar-refractivity contribution is 5.79. The van der Waals surface area contributed by atoms with Gasteiger partial charge < -0.3 is 9.88 Å². The number of fused-ring (bicyclic) bond motifs is 1. The van der Waals surface area contributed by atoms with E-state index in [-0.39, 0.29) is 18.0 Å². The largest absolute Gasteiger partial charge is 0.338 e. The lowest BCUT2D eigenvalue weighted by Crippen LogP contribution is -2.29. The summed E-state index contributed by atoms with van der Waals surface area (Å²) in [6.45, 7) is 4.36. The van der Waals surface area contributed by atoms with E-state index in [1.807, 2.05) is 31.2 Å². The summed E-state index contributed by atoms with van der Waals surface area (Å²) in [5, 5.41) is 0.551. The van der Waals surface area contributed by atoms with Crippen molar-refractivity contribution in [3.05, 3.63) is 75.3 Å². The monoisotopic (exact) mass is 335 g/mol. The molecule has 0 bridgehead atoms. The fraction of sp³-hybridized carbons (Fsp3) is 0.250. The third kappa shape index (κ3) is 3.76. The van der Waals surface area contributed by atoms with E-state index in [9.17, 15) is 9.59 Å². The Kier molecular flexibility index (Phi) is 4.65. The Bertz CT molecular complexity index is 992. The molecule has 2 aromatic carbocycles. The van der Waals surface area contributed by atoms with E-state index in [0.717, 1.165) is 5.56 Å². The van der Waals surface area contributed by atoms with Gasteiger partial charge in [0, 0.05) is 7.05 Å². The van der Waals surface area contributed by atoms with Crippen molar-refractivity contribution in [2.45, 2.75) is 26.8 Å². The number of carbonyl (C=O) groups is 1. The average molecular weight is 335 g/mol. The number of benzene rings is 2. The van der Waals surface area contributed by atoms with Crippen molar-refractivity contribution in [1.29, 1.82) is 0 Å². The van der Waals surface area contributed by atoms with Crippen LogP contribution in [-0.2, 0) is 17.8 Å². The quantitative estimate of drug-likeness (QED) is 0.797. The summed E-state index contributed by atoms with van der Waals surface area (Å²) in [5.74, 6) is 0.471. The zero-order valence-electron chi connectivity index (χ0n) is 14.7. The van der Waals surface area contributed by atoms with Crippen LogP contribution in [0.4, 0.5) is 0 Å². The van der Waals surface area contributed by atoms with Crippen LogP contribution in [0.3, 0.4) is 0 Å². The Morgan fingerprint density at radius 3 is 2.64 bits per heavy atom. The average Bonchev–Trinajstić information content (AvgIpc) is 2.58. The van der Waals surface area contributed by atoms with Crippen molar-refractivity contribution in [2.75, 3.05) is 7.05 Å². The summed E-state index contributed by atoms with van der Waals surface area (Å²) < 4.78 is 0. The van der Waals surface area contributed by atoms with Gasteiger partial charge in [-0.25, -0.2) is 4.98 Å². The number of H-pyrrole nitrogens is 1. The highest BCUT2D eigenvalue weighted by Crippen LogP contribution is 2.12. The normalized spacial score (nSPS) is 10.8. The van der Waals surface area contributed by atoms with Crippen LogP contribution >= 0.6 is 0 Å². The van der Waals surface area contributed by atoms with Crippen LogP contribution in [0.25, 0.3) is 10.9 Å². The summed E-state index contributed by atoms with van der Waals surface area (Å²) in [6, 6.07) is 13.2. The summed E-state index contributed by atoms with van der Waals surface area (Å²) >= 11 is 0. The second-order valence-electron chi connectivity index (χ2n) is 6.37. The fourth-order valence-electron chi connectivity index (χ4n) is 2.75. The van der Waals surface area contributed by atoms with Crippen molar-refractivity contribution >= 4 is 16.8 Å². The molecule has 25 heavy (non-hydrogen) atoms. The molecule has 0 aliphatic heterocycles. The molecule has 3 rings (SSSR count). The summed E-state index contributed by atoms with van der Waals surface area (Å²) in [5.41, 5.74) is 3.82. The van der Waals surface area contributed by atoms with Gasteiger partial charge in [0.25, 0.3) is 5.56 Å². The molecule has 1 aromatic heterocycles. The molecule has 0 aliphatic carbocycles. The van der Waals surface area contributed by atoms with Crippen molar-refractivity contribution in [2.24, 2.45) is 0 Å². The molecule has 3 aromatic rings. The van der Waals surface area contributed by atoms with Crippen LogP contribution < -0.4 is 5.56 Å². The maximum absolute atomic E-state index is 12.5. The lowest BCUT2D eigenvalue weighted by molar-refractivity contribution is -0.129. The minimum atomic E-state index is -0.185. The van der Waals surface area contributed by atoms with Crippen LogP contribution in [0.5, 0.6) is 0 Å². The van der Waals surface area contributed by atoms with Crippen molar-refractivity contribution in [3.63, 3.8) is 0 Å². The number of para-hydroxylation sites is 1. The lowest BCUT2D eigenvalue weighted by Gasteiger charge is -2.17. The Morgan fingerprint density at radius 1 is 1.12 bits per heavy atom. The Morgan fingerprint density at radius 2 is 1.88 bits per heavy atom. The van der Waals surface area contributed by atoms with E-state index in [1.165, 1.54) is 11.1 Å². The number of likely N-dealkylation sites (N-methyl/N-ethyl adjacent to an activating group) is 1. The van der Waals surface area contributed by atoms with E-state index < -0.39 is 0 Å². The number of hydrogen-bond acceptors (Lipinski definition) is 3. The van der Waals surface area contributed by atoms with Gasteiger partial charge in [-0.05, 0) is 42.7 Å². The predicted molar refractivity (Wildman–Crippen MR) is 98.5 cm³/mol. The number of nitrogens with zero attached hydrogens (tertiary/aromatic N) is 2. The molecule has 0 radical (unpaired) electrons. The second-order valence-corrected chi connectivity index (χ2v) is 6.37. The molecule has 0 fully saturated rings. The smallest absolute Gasteiger partial charge is 0.258 e. The molecule has 0 atom stereocenters. The van der Waals surface area contributed by atoms with Crippen LogP contribution in [0.1, 0.15) is 22.5 Å². The topological polar surface area (TPSA) is 66.1 Å². The molecule has 0 saturated heterocycles. The molecular formula is C20H21N3O2. The molecule has 1 amide bonds. The van der Waals surface area contributed by atoms with E-state index in [2.05, 4.69) is 16.9 Å². The van der Waals surface area contributed by atoms with Gasteiger partial charge in [0.05, 0.1) is 23.9 Å². The number of carbonyl (C=O) groups excluding carboxylic acids is 1. The van der Waals surface area contributed by atoms with Crippen molar-refractivity contribution in [3.8, 4) is 0 Å². The molecule has 1 heterocycles. The molecule has 5 heteroatoms. The van der Waals surface area contributed by atoms with Crippen molar-refractivity contribution in [1.82, 2.24) is 14.9 Å². The van der Waals surface area contributed by atoms with Gasteiger partial charge >= 0.3 is 0 Å². The first kappa shape index (κ1) is 16.9. The molecule has 0 saturated carbocycles. The first-order valence-corrected chi connectivity index (χ1v) is 8.22. The van der Waals surface area contributed by atoms with Gasteiger partial charge in [-0.1, -0.05) is 30.3 Å². The Hall–Kier alpha value is -2.95. The first-order valence-electron chi connectivity index (χ1n) is 8.22. The van der Waals surface area contributed by atoms with E-state index >= 15 is 0 Å². The third-order valence-corrected chi connectivity index (χ3v) is 4.40. The van der Waals surface area contributed by atoms with E-state index in [4.69, 9.17) is 0 Å². The maximum atomic E-state index is 12.5. The van der Waals surface area contributed by atoms with Gasteiger partial charge in [-0.3, -0.25) is 9.59 Å². The van der Waals surface area contributed by atoms with Crippen LogP contribution in [0.15, 0.2) is 47.3 Å². The van der Waals surface area contributed by atoms with E-state index in [1.54, 1.807) is 30.1 Å². The van der Waals surface area contributed by atoms with Gasteiger partial charge in [0.1, 0.15) is 5.82 Å². The third-order valence-electron chi connectivity index (χ3n) is 4.40. The highest BCUT2D eigenvalue weighted by Gasteiger charge is 2.13. The Balaban J connectivity index is 1.75. The maximum Gasteiger partial charge on any atom is 0.258 e. The lowest BCUT2D eigenvalue weighted by atomic mass is 10.0. The molecule has 128 valence electrons. The fourth-order valence-corrected chi connectivity index (χ4v) is 2.75. The number of aryl methyl sites for hydroxylation is 2. The number of amides is 1. The van der Waals surface area contributed by atoms with Crippen LogP contribution in [0.2, 0.25) is 0 Å². The standard InChI is InChI=1S/C20H21N3O2/c1-13-8-9-15(10-14(13)2)11-19(24)23(3)12-18-21-17-7-5-4-6-16(17)20(25)22-18/h4-10H,11-12H2,1-3H3,(H,21,22,25). The van der Waals surface area contributed by atoms with Gasteiger partial charge in [-0.15, -0.1) is 0 Å². The first-order chi connectivity index (χ1) is 11.9. The molecular weight excluding hydrogens is 314 g/mol. The summed E-state index contributed by atoms with van der Waals surface area (Å²) in [6.07, 6.45) is 0.329. The number of hydrogen-bond donors (Lipinski definition) is 1. The van der Waals surface area contributed by atoms with Gasteiger partial charge in [0.2, 0.25) is 5.91 Å². The number of rotatable bonds is 4. The zero-order chi connectivity index (χ0) is 18.0. The van der Waals surface area contributed by atoms with E-state index in [0.29, 0.717) is 23.1 Å². The van der Waals surface area contributed by atoms with Gasteiger partial charge in [0.15, 0.2) is 0 Å². The minimum Gasteiger partial charge on any atom is -0.338 e.